The fraction of sp³-hybridized carbons (Fsp3) is 0.276. The largest absolute Gasteiger partial charge is 0.437 e. The molecule has 2 aromatic heterocycles. The van der Waals surface area contributed by atoms with E-state index in [9.17, 15) is 0 Å². The van der Waals surface area contributed by atoms with Crippen LogP contribution in [0.5, 0.6) is 11.6 Å². The van der Waals surface area contributed by atoms with Gasteiger partial charge in [0.25, 0.3) is 0 Å². The number of allylic oxidation sites excluding steroid dienone is 1. The van der Waals surface area contributed by atoms with Crippen molar-refractivity contribution in [2.45, 2.75) is 39.3 Å². The second kappa shape index (κ2) is 11.4. The van der Waals surface area contributed by atoms with Crippen LogP contribution < -0.4 is 10.1 Å². The lowest BCUT2D eigenvalue weighted by Gasteiger charge is -2.32. The summed E-state index contributed by atoms with van der Waals surface area (Å²) in [7, 11) is 0. The van der Waals surface area contributed by atoms with Crippen LogP contribution in [-0.2, 0) is 6.54 Å². The molecule has 2 aromatic carbocycles. The number of aromatic nitrogens is 2. The molecule has 0 amide bonds. The van der Waals surface area contributed by atoms with Crippen LogP contribution in [0.3, 0.4) is 0 Å². The van der Waals surface area contributed by atoms with Gasteiger partial charge in [-0.1, -0.05) is 28.1 Å². The van der Waals surface area contributed by atoms with Gasteiger partial charge in [0.2, 0.25) is 11.8 Å². The highest BCUT2D eigenvalue weighted by Gasteiger charge is 2.21. The molecule has 1 fully saturated rings. The van der Waals surface area contributed by atoms with Gasteiger partial charge in [0, 0.05) is 36.2 Å². The Bertz CT molecular complexity index is 1460. The highest BCUT2D eigenvalue weighted by atomic mass is 79.9. The van der Waals surface area contributed by atoms with E-state index < -0.39 is 0 Å². The molecule has 0 aliphatic carbocycles. The van der Waals surface area contributed by atoms with E-state index in [-0.39, 0.29) is 0 Å². The van der Waals surface area contributed by atoms with Crippen molar-refractivity contribution in [3.8, 4) is 17.7 Å². The average molecular weight is 575 g/mol. The minimum Gasteiger partial charge on any atom is -0.437 e. The van der Waals surface area contributed by atoms with Crippen molar-refractivity contribution in [3.05, 3.63) is 80.6 Å². The number of benzene rings is 2. The third-order valence-corrected chi connectivity index (χ3v) is 7.91. The van der Waals surface area contributed by atoms with Crippen molar-refractivity contribution >= 4 is 49.5 Å². The molecule has 3 heterocycles. The van der Waals surface area contributed by atoms with Crippen molar-refractivity contribution in [1.29, 1.82) is 5.26 Å². The van der Waals surface area contributed by atoms with E-state index >= 15 is 0 Å². The Morgan fingerprint density at radius 3 is 2.68 bits per heavy atom. The molecule has 0 radical (unpaired) electrons. The topological polar surface area (TPSA) is 74.1 Å². The first-order valence-electron chi connectivity index (χ1n) is 12.3. The second-order valence-electron chi connectivity index (χ2n) is 9.36. The number of halogens is 1. The van der Waals surface area contributed by atoms with Crippen LogP contribution in [0.1, 0.15) is 35.1 Å². The Labute approximate surface area is 229 Å². The summed E-state index contributed by atoms with van der Waals surface area (Å²) in [6.07, 6.45) is 5.35. The molecule has 4 aromatic rings. The predicted octanol–water partition coefficient (Wildman–Crippen LogP) is 7.48. The number of nitriles is 1. The lowest BCUT2D eigenvalue weighted by Crippen LogP contribution is -2.39. The average Bonchev–Trinajstić information content (AvgIpc) is 3.35. The number of nitrogens with one attached hydrogen (secondary N) is 1. The second-order valence-corrected chi connectivity index (χ2v) is 11.2. The summed E-state index contributed by atoms with van der Waals surface area (Å²) in [4.78, 5) is 12.1. The summed E-state index contributed by atoms with van der Waals surface area (Å²) in [5, 5.41) is 14.4. The molecule has 0 atom stereocenters. The molecule has 0 unspecified atom stereocenters. The zero-order valence-corrected chi connectivity index (χ0v) is 23.3. The third kappa shape index (κ3) is 6.19. The number of ether oxygens (including phenoxy) is 1. The summed E-state index contributed by atoms with van der Waals surface area (Å²) in [5.41, 5.74) is 5.17. The summed E-state index contributed by atoms with van der Waals surface area (Å²) in [6, 6.07) is 16.9. The van der Waals surface area contributed by atoms with E-state index in [1.807, 2.05) is 43.5 Å². The molecular formula is C29H28BrN5OS. The molecule has 37 heavy (non-hydrogen) atoms. The maximum atomic E-state index is 8.84. The number of hydrogen-bond donors (Lipinski definition) is 1. The van der Waals surface area contributed by atoms with Crippen molar-refractivity contribution in [2.75, 3.05) is 18.4 Å². The number of piperidine rings is 1. The SMILES string of the molecule is Cc1cc(/C=C/C#N)cc(C)c1Oc1nc(NC2CCN(Cc3cccc(Br)c3)CC2)nc2ccsc12. The van der Waals surface area contributed by atoms with Crippen molar-refractivity contribution in [2.24, 2.45) is 0 Å². The standard InChI is InChI=1S/C29H28BrN5OS/c1-19-15-21(6-4-11-31)16-20(2)26(19)36-28-27-25(10-14-37-27)33-29(34-28)32-24-8-12-35(13-9-24)18-22-5-3-7-23(30)17-22/h3-7,10,14-17,24H,8-9,12-13,18H2,1-2H3,(H,32,33,34)/b6-4+. The number of nitrogens with zero attached hydrogens (tertiary/aromatic N) is 4. The number of fused-ring (bicyclic) bond motifs is 1. The van der Waals surface area contributed by atoms with Gasteiger partial charge in [-0.3, -0.25) is 4.90 Å². The molecule has 8 heteroatoms. The van der Waals surface area contributed by atoms with Crippen LogP contribution in [0.15, 0.2) is 58.4 Å². The molecule has 6 nitrogen and oxygen atoms in total. The lowest BCUT2D eigenvalue weighted by atomic mass is 10.0. The first-order chi connectivity index (χ1) is 18.0. The molecule has 0 bridgehead atoms. The lowest BCUT2D eigenvalue weighted by molar-refractivity contribution is 0.211. The Balaban J connectivity index is 1.29. The van der Waals surface area contributed by atoms with Gasteiger partial charge < -0.3 is 10.1 Å². The highest BCUT2D eigenvalue weighted by Crippen LogP contribution is 2.36. The van der Waals surface area contributed by atoms with E-state index in [1.54, 1.807) is 17.4 Å². The maximum Gasteiger partial charge on any atom is 0.242 e. The van der Waals surface area contributed by atoms with Gasteiger partial charge in [-0.15, -0.1) is 11.3 Å². The van der Waals surface area contributed by atoms with E-state index in [2.05, 4.69) is 50.4 Å². The van der Waals surface area contributed by atoms with E-state index in [0.29, 0.717) is 17.9 Å². The molecule has 1 aliphatic heterocycles. The number of likely N-dealkylation sites (tertiary alicyclic amines) is 1. The molecule has 1 saturated heterocycles. The van der Waals surface area contributed by atoms with E-state index in [4.69, 9.17) is 20.0 Å². The maximum absolute atomic E-state index is 8.84. The normalized spacial score (nSPS) is 14.8. The summed E-state index contributed by atoms with van der Waals surface area (Å²) in [5.74, 6) is 1.96. The summed E-state index contributed by atoms with van der Waals surface area (Å²) < 4.78 is 8.47. The molecule has 5 rings (SSSR count). The number of thiophene rings is 1. The summed E-state index contributed by atoms with van der Waals surface area (Å²) in [6.45, 7) is 7.05. The Kier molecular flexibility index (Phi) is 7.85. The first-order valence-corrected chi connectivity index (χ1v) is 14.0. The number of rotatable bonds is 7. The molecule has 1 N–H and O–H groups in total. The van der Waals surface area contributed by atoms with Crippen molar-refractivity contribution < 1.29 is 4.74 Å². The highest BCUT2D eigenvalue weighted by molar-refractivity contribution is 9.10. The van der Waals surface area contributed by atoms with Gasteiger partial charge in [-0.25, -0.2) is 4.98 Å². The minimum atomic E-state index is 0.317. The molecular weight excluding hydrogens is 546 g/mol. The first kappa shape index (κ1) is 25.4. The number of anilines is 1. The van der Waals surface area contributed by atoms with Gasteiger partial charge in [0.1, 0.15) is 10.4 Å². The van der Waals surface area contributed by atoms with E-state index in [0.717, 1.165) is 69.6 Å². The van der Waals surface area contributed by atoms with Crippen LogP contribution in [0, 0.1) is 25.2 Å². The fourth-order valence-electron chi connectivity index (χ4n) is 4.75. The van der Waals surface area contributed by atoms with Crippen LogP contribution in [0.4, 0.5) is 5.95 Å². The van der Waals surface area contributed by atoms with Crippen LogP contribution in [-0.4, -0.2) is 34.0 Å². The van der Waals surface area contributed by atoms with E-state index in [1.165, 1.54) is 11.6 Å². The van der Waals surface area contributed by atoms with Gasteiger partial charge >= 0.3 is 0 Å². The molecule has 0 saturated carbocycles. The number of hydrogen-bond acceptors (Lipinski definition) is 7. The van der Waals surface area contributed by atoms with Gasteiger partial charge in [-0.2, -0.15) is 10.2 Å². The zero-order chi connectivity index (χ0) is 25.8. The van der Waals surface area contributed by atoms with Crippen molar-refractivity contribution in [1.82, 2.24) is 14.9 Å². The molecule has 188 valence electrons. The predicted molar refractivity (Wildman–Crippen MR) is 154 cm³/mol. The number of aryl methyl sites for hydroxylation is 2. The monoisotopic (exact) mass is 573 g/mol. The van der Waals surface area contributed by atoms with Gasteiger partial charge in [0.15, 0.2) is 0 Å². The minimum absolute atomic E-state index is 0.317. The van der Waals surface area contributed by atoms with Gasteiger partial charge in [-0.05, 0) is 90.7 Å². The third-order valence-electron chi connectivity index (χ3n) is 6.52. The zero-order valence-electron chi connectivity index (χ0n) is 20.9. The Hall–Kier alpha value is -3.25. The van der Waals surface area contributed by atoms with Gasteiger partial charge in [0.05, 0.1) is 11.6 Å². The fourth-order valence-corrected chi connectivity index (χ4v) is 5.96. The smallest absolute Gasteiger partial charge is 0.242 e. The summed E-state index contributed by atoms with van der Waals surface area (Å²) >= 11 is 5.15. The molecule has 1 aliphatic rings. The van der Waals surface area contributed by atoms with Crippen LogP contribution in [0.25, 0.3) is 16.3 Å². The Morgan fingerprint density at radius 1 is 1.16 bits per heavy atom. The van der Waals surface area contributed by atoms with Crippen LogP contribution in [0.2, 0.25) is 0 Å². The van der Waals surface area contributed by atoms with Crippen LogP contribution >= 0.6 is 27.3 Å². The molecule has 0 spiro atoms. The quantitative estimate of drug-likeness (QED) is 0.231. The Morgan fingerprint density at radius 2 is 1.95 bits per heavy atom. The van der Waals surface area contributed by atoms with Crippen molar-refractivity contribution in [3.63, 3.8) is 0 Å².